The van der Waals surface area contributed by atoms with E-state index in [1.165, 1.54) is 4.90 Å². The highest BCUT2D eigenvalue weighted by Gasteiger charge is 2.35. The molecule has 1 aliphatic rings. The molecule has 1 heterocycles. The Morgan fingerprint density at radius 2 is 1.57 bits per heavy atom. The first-order valence-corrected chi connectivity index (χ1v) is 9.58. The second-order valence-corrected chi connectivity index (χ2v) is 7.63. The van der Waals surface area contributed by atoms with Crippen molar-refractivity contribution in [2.24, 2.45) is 0 Å². The zero-order chi connectivity index (χ0) is 20.3. The van der Waals surface area contributed by atoms with Crippen LogP contribution in [0.5, 0.6) is 5.75 Å². The molecule has 2 aromatic rings. The van der Waals surface area contributed by atoms with Crippen LogP contribution in [0.3, 0.4) is 0 Å². The summed E-state index contributed by atoms with van der Waals surface area (Å²) < 4.78 is 5.16. The lowest BCUT2D eigenvalue weighted by Crippen LogP contribution is -2.38. The Hall–Kier alpha value is -2.93. The van der Waals surface area contributed by atoms with Gasteiger partial charge in [0.1, 0.15) is 12.4 Å². The molecule has 2 aromatic carbocycles. The Balaban J connectivity index is 1.71. The van der Waals surface area contributed by atoms with Crippen molar-refractivity contribution in [3.8, 4) is 5.75 Å². The maximum Gasteiger partial charge on any atom is 0.295 e. The molecule has 0 aromatic heterocycles. The van der Waals surface area contributed by atoms with E-state index in [1.807, 2.05) is 79.5 Å². The molecule has 1 aliphatic heterocycles. The second kappa shape index (κ2) is 8.39. The van der Waals surface area contributed by atoms with Crippen LogP contribution in [0.2, 0.25) is 0 Å². The smallest absolute Gasteiger partial charge is 0.295 e. The van der Waals surface area contributed by atoms with Crippen molar-refractivity contribution in [3.63, 3.8) is 0 Å². The van der Waals surface area contributed by atoms with E-state index >= 15 is 0 Å². The number of benzene rings is 2. The van der Waals surface area contributed by atoms with Gasteiger partial charge in [-0.05, 0) is 59.8 Å². The third-order valence-corrected chi connectivity index (χ3v) is 5.35. The Morgan fingerprint density at radius 1 is 0.964 bits per heavy atom. The van der Waals surface area contributed by atoms with E-state index in [1.54, 1.807) is 13.2 Å². The van der Waals surface area contributed by atoms with Gasteiger partial charge in [0.15, 0.2) is 0 Å². The topological polar surface area (TPSA) is 53.1 Å². The fourth-order valence-electron chi connectivity index (χ4n) is 2.77. The van der Waals surface area contributed by atoms with Gasteiger partial charge in [-0.2, -0.15) is 0 Å². The number of carbonyl (C=O) groups excluding carboxylic acids is 2. The first-order valence-electron chi connectivity index (χ1n) is 8.77. The van der Waals surface area contributed by atoms with Crippen LogP contribution in [0.1, 0.15) is 5.56 Å². The van der Waals surface area contributed by atoms with Crippen LogP contribution in [0.15, 0.2) is 53.4 Å². The molecule has 1 fully saturated rings. The summed E-state index contributed by atoms with van der Waals surface area (Å²) in [6, 6.07) is 15.3. The Bertz CT molecular complexity index is 892. The van der Waals surface area contributed by atoms with Crippen LogP contribution in [0, 0.1) is 0 Å². The summed E-state index contributed by atoms with van der Waals surface area (Å²) in [5.74, 6) is 0.485. The zero-order valence-corrected chi connectivity index (χ0v) is 17.2. The normalized spacial score (nSPS) is 15.3. The number of rotatable bonds is 6. The number of thioether (sulfide) groups is 1. The quantitative estimate of drug-likeness (QED) is 0.690. The summed E-state index contributed by atoms with van der Waals surface area (Å²) in [7, 11) is 7.40. The van der Waals surface area contributed by atoms with Gasteiger partial charge in [-0.25, -0.2) is 4.90 Å². The van der Waals surface area contributed by atoms with Crippen molar-refractivity contribution in [1.82, 2.24) is 4.90 Å². The molecular formula is C21H23N3O3S. The van der Waals surface area contributed by atoms with Crippen LogP contribution in [-0.2, 0) is 4.79 Å². The van der Waals surface area contributed by atoms with E-state index in [9.17, 15) is 9.59 Å². The molecule has 0 spiro atoms. The van der Waals surface area contributed by atoms with Crippen LogP contribution in [0.4, 0.5) is 16.2 Å². The minimum absolute atomic E-state index is 0.188. The molecule has 3 rings (SSSR count). The summed E-state index contributed by atoms with van der Waals surface area (Å²) in [6.45, 7) is 0.188. The monoisotopic (exact) mass is 397 g/mol. The maximum absolute atomic E-state index is 12.7. The van der Waals surface area contributed by atoms with Crippen LogP contribution < -0.4 is 14.5 Å². The molecule has 0 bridgehead atoms. The summed E-state index contributed by atoms with van der Waals surface area (Å²) in [5.41, 5.74) is 2.86. The van der Waals surface area contributed by atoms with Crippen LogP contribution >= 0.6 is 11.8 Å². The fraction of sp³-hybridized carbons (Fsp3) is 0.238. The third kappa shape index (κ3) is 4.31. The van der Waals surface area contributed by atoms with Crippen molar-refractivity contribution in [2.75, 3.05) is 44.7 Å². The van der Waals surface area contributed by atoms with Crippen molar-refractivity contribution < 1.29 is 14.3 Å². The van der Waals surface area contributed by atoms with Gasteiger partial charge in [-0.3, -0.25) is 9.59 Å². The number of hydrogen-bond acceptors (Lipinski definition) is 6. The minimum atomic E-state index is -0.271. The van der Waals surface area contributed by atoms with Gasteiger partial charge in [-0.15, -0.1) is 0 Å². The van der Waals surface area contributed by atoms with Gasteiger partial charge in [0.25, 0.3) is 11.1 Å². The van der Waals surface area contributed by atoms with Crippen molar-refractivity contribution in [2.45, 2.75) is 0 Å². The maximum atomic E-state index is 12.7. The number of anilines is 2. The molecule has 0 saturated carbocycles. The summed E-state index contributed by atoms with van der Waals surface area (Å²) in [5, 5.41) is -0.262. The molecule has 2 amide bonds. The van der Waals surface area contributed by atoms with Gasteiger partial charge in [0.05, 0.1) is 12.0 Å². The fourth-order valence-corrected chi connectivity index (χ4v) is 3.60. The molecule has 0 atom stereocenters. The van der Waals surface area contributed by atoms with E-state index in [4.69, 9.17) is 4.74 Å². The molecule has 28 heavy (non-hydrogen) atoms. The number of methoxy groups -OCH3 is 1. The van der Waals surface area contributed by atoms with Crippen molar-refractivity contribution in [1.29, 1.82) is 0 Å². The van der Waals surface area contributed by atoms with Gasteiger partial charge in [-0.1, -0.05) is 12.1 Å². The molecule has 0 unspecified atom stereocenters. The molecule has 0 N–H and O–H groups in total. The first-order chi connectivity index (χ1) is 13.4. The van der Waals surface area contributed by atoms with Crippen molar-refractivity contribution >= 4 is 40.4 Å². The Morgan fingerprint density at radius 3 is 2.14 bits per heavy atom. The van der Waals surface area contributed by atoms with E-state index in [-0.39, 0.29) is 17.8 Å². The highest BCUT2D eigenvalue weighted by molar-refractivity contribution is 8.18. The Labute approximate surface area is 169 Å². The lowest BCUT2D eigenvalue weighted by atomic mass is 10.2. The Kier molecular flexibility index (Phi) is 5.94. The second-order valence-electron chi connectivity index (χ2n) is 6.63. The number of nitrogens with zero attached hydrogens (tertiary/aromatic N) is 3. The summed E-state index contributed by atoms with van der Waals surface area (Å²) in [6.07, 6.45) is 1.76. The number of amides is 2. The average Bonchev–Trinajstić information content (AvgIpc) is 2.95. The van der Waals surface area contributed by atoms with Gasteiger partial charge in [0, 0.05) is 32.5 Å². The highest BCUT2D eigenvalue weighted by Crippen LogP contribution is 2.33. The predicted octanol–water partition coefficient (Wildman–Crippen LogP) is 3.89. The first kappa shape index (κ1) is 19.8. The molecule has 1 saturated heterocycles. The van der Waals surface area contributed by atoms with Crippen LogP contribution in [0.25, 0.3) is 6.08 Å². The lowest BCUT2D eigenvalue weighted by molar-refractivity contribution is -0.122. The highest BCUT2D eigenvalue weighted by atomic mass is 32.2. The predicted molar refractivity (Wildman–Crippen MR) is 115 cm³/mol. The number of ether oxygens (including phenoxy) is 1. The lowest BCUT2D eigenvalue weighted by Gasteiger charge is -2.24. The van der Waals surface area contributed by atoms with Crippen molar-refractivity contribution in [3.05, 3.63) is 59.0 Å². The molecular weight excluding hydrogens is 374 g/mol. The molecule has 146 valence electrons. The van der Waals surface area contributed by atoms with E-state index < -0.39 is 0 Å². The number of hydrogen-bond donors (Lipinski definition) is 0. The molecule has 0 aliphatic carbocycles. The minimum Gasteiger partial charge on any atom is -0.497 e. The standard InChI is InChI=1S/C21H23N3O3S/c1-22(2)16-7-5-15(6-8-16)13-19-20(25)24(21(26)28-19)14-23(3)17-9-11-18(27-4)12-10-17/h5-13H,14H2,1-4H3/b19-13+. The zero-order valence-electron chi connectivity index (χ0n) is 16.4. The average molecular weight is 398 g/mol. The van der Waals surface area contributed by atoms with Gasteiger partial charge >= 0.3 is 0 Å². The number of imide groups is 1. The summed E-state index contributed by atoms with van der Waals surface area (Å²) >= 11 is 0.972. The molecule has 7 heteroatoms. The third-order valence-electron chi connectivity index (χ3n) is 4.45. The van der Waals surface area contributed by atoms with E-state index in [0.29, 0.717) is 4.91 Å². The number of carbonyl (C=O) groups is 2. The van der Waals surface area contributed by atoms with Gasteiger partial charge in [0.2, 0.25) is 0 Å². The SMILES string of the molecule is COc1ccc(N(C)CN2C(=O)S/C(=C/c3ccc(N(C)C)cc3)C2=O)cc1. The van der Waals surface area contributed by atoms with Crippen LogP contribution in [-0.4, -0.2) is 51.0 Å². The van der Waals surface area contributed by atoms with E-state index in [2.05, 4.69) is 0 Å². The largest absolute Gasteiger partial charge is 0.497 e. The van der Waals surface area contributed by atoms with Gasteiger partial charge < -0.3 is 14.5 Å². The molecule has 6 nitrogen and oxygen atoms in total. The van der Waals surface area contributed by atoms with E-state index in [0.717, 1.165) is 34.4 Å². The summed E-state index contributed by atoms with van der Waals surface area (Å²) in [4.78, 5) is 30.6. The molecule has 0 radical (unpaired) electrons.